The van der Waals surface area contributed by atoms with Gasteiger partial charge in [0, 0.05) is 55.2 Å². The fourth-order valence-electron chi connectivity index (χ4n) is 4.78. The lowest BCUT2D eigenvalue weighted by molar-refractivity contribution is -0.132. The predicted octanol–water partition coefficient (Wildman–Crippen LogP) is 2.49. The molecule has 0 unspecified atom stereocenters. The number of benzene rings is 1. The van der Waals surface area contributed by atoms with Gasteiger partial charge in [-0.1, -0.05) is 29.3 Å². The molecule has 0 radical (unpaired) electrons. The van der Waals surface area contributed by atoms with Gasteiger partial charge in [-0.15, -0.1) is 0 Å². The number of nitrogens with zero attached hydrogens (tertiary/aromatic N) is 6. The topological polar surface area (TPSA) is 112 Å². The van der Waals surface area contributed by atoms with Crippen molar-refractivity contribution in [1.82, 2.24) is 24.2 Å². The summed E-state index contributed by atoms with van der Waals surface area (Å²) in [5.41, 5.74) is 7.15. The van der Waals surface area contributed by atoms with Crippen molar-refractivity contribution < 1.29 is 9.59 Å². The largest absolute Gasteiger partial charge is 0.365 e. The minimum Gasteiger partial charge on any atom is -0.365 e. The van der Waals surface area contributed by atoms with Gasteiger partial charge >= 0.3 is 0 Å². The van der Waals surface area contributed by atoms with Gasteiger partial charge in [-0.25, -0.2) is 4.98 Å². The van der Waals surface area contributed by atoms with Gasteiger partial charge in [0.05, 0.1) is 6.54 Å². The number of primary amides is 1. The average Bonchev–Trinajstić information content (AvgIpc) is 3.55. The molecule has 2 saturated heterocycles. The molecule has 1 aromatic carbocycles. The molecular weight excluding hydrogens is 503 g/mol. The van der Waals surface area contributed by atoms with E-state index in [-0.39, 0.29) is 11.5 Å². The maximum absolute atomic E-state index is 12.8. The number of fused-ring (bicyclic) bond motifs is 1. The van der Waals surface area contributed by atoms with Crippen LogP contribution in [0.5, 0.6) is 0 Å². The molecule has 0 atom stereocenters. The quantitative estimate of drug-likeness (QED) is 0.482. The Hall–Kier alpha value is -3.08. The second-order valence-corrected chi connectivity index (χ2v) is 9.90. The number of halogens is 2. The second kappa shape index (κ2) is 10.5. The molecule has 10 nitrogen and oxygen atoms in total. The van der Waals surface area contributed by atoms with Crippen molar-refractivity contribution in [3.8, 4) is 0 Å². The molecule has 3 N–H and O–H groups in total. The zero-order valence-corrected chi connectivity index (χ0v) is 21.3. The molecule has 0 spiro atoms. The summed E-state index contributed by atoms with van der Waals surface area (Å²) >= 11 is 12.3. The van der Waals surface area contributed by atoms with Gasteiger partial charge in [-0.05, 0) is 43.6 Å². The fraction of sp³-hybridized carbons (Fsp3) is 0.417. The Morgan fingerprint density at radius 1 is 1.06 bits per heavy atom. The van der Waals surface area contributed by atoms with E-state index in [0.717, 1.165) is 31.5 Å². The number of carbonyl (C=O) groups is 2. The van der Waals surface area contributed by atoms with Crippen LogP contribution in [0, 0.1) is 0 Å². The number of amides is 2. The van der Waals surface area contributed by atoms with Crippen molar-refractivity contribution in [2.75, 3.05) is 56.0 Å². The number of imidazole rings is 1. The number of hydrogen-bond acceptors (Lipinski definition) is 7. The van der Waals surface area contributed by atoms with E-state index < -0.39 is 5.91 Å². The van der Waals surface area contributed by atoms with Gasteiger partial charge in [0.2, 0.25) is 11.9 Å². The van der Waals surface area contributed by atoms with E-state index in [4.69, 9.17) is 33.9 Å². The van der Waals surface area contributed by atoms with Crippen LogP contribution in [0.3, 0.4) is 0 Å². The number of piperazine rings is 1. The number of nitrogens with two attached hydrogens (primary N) is 1. The van der Waals surface area contributed by atoms with Crippen LogP contribution in [0.15, 0.2) is 30.6 Å². The minimum absolute atomic E-state index is 0.170. The summed E-state index contributed by atoms with van der Waals surface area (Å²) in [6.45, 7) is 5.23. The van der Waals surface area contributed by atoms with Crippen LogP contribution >= 0.6 is 23.2 Å². The summed E-state index contributed by atoms with van der Waals surface area (Å²) < 4.78 is 1.77. The van der Waals surface area contributed by atoms with Crippen LogP contribution < -0.4 is 16.0 Å². The van der Waals surface area contributed by atoms with Gasteiger partial charge < -0.3 is 20.9 Å². The Balaban J connectivity index is 1.36. The van der Waals surface area contributed by atoms with Gasteiger partial charge in [0.25, 0.3) is 5.91 Å². The summed E-state index contributed by atoms with van der Waals surface area (Å²) in [4.78, 5) is 40.6. The zero-order chi connectivity index (χ0) is 25.2. The van der Waals surface area contributed by atoms with Gasteiger partial charge in [0.1, 0.15) is 11.4 Å². The second-order valence-electron chi connectivity index (χ2n) is 9.06. The Kier molecular flexibility index (Phi) is 7.17. The fourth-order valence-corrected chi connectivity index (χ4v) is 5.25. The van der Waals surface area contributed by atoms with Crippen molar-refractivity contribution in [3.63, 3.8) is 0 Å². The van der Waals surface area contributed by atoms with Crippen molar-refractivity contribution in [2.45, 2.75) is 19.4 Å². The number of aromatic nitrogens is 3. The molecule has 0 bridgehead atoms. The highest BCUT2D eigenvalue weighted by Gasteiger charge is 2.27. The van der Waals surface area contributed by atoms with E-state index in [1.165, 1.54) is 0 Å². The highest BCUT2D eigenvalue weighted by molar-refractivity contribution is 6.35. The molecule has 2 aromatic heterocycles. The normalized spacial score (nSPS) is 16.6. The third-order valence-corrected chi connectivity index (χ3v) is 7.30. The molecule has 190 valence electrons. The zero-order valence-electron chi connectivity index (χ0n) is 19.8. The highest BCUT2D eigenvalue weighted by Crippen LogP contribution is 2.27. The summed E-state index contributed by atoms with van der Waals surface area (Å²) in [5, 5.41) is 4.26. The molecule has 2 aliphatic heterocycles. The number of anilines is 2. The number of rotatable bonds is 7. The van der Waals surface area contributed by atoms with E-state index >= 15 is 0 Å². The molecule has 2 fully saturated rings. The summed E-state index contributed by atoms with van der Waals surface area (Å²) in [5.74, 6) is 0.495. The maximum atomic E-state index is 12.8. The first kappa shape index (κ1) is 24.6. The predicted molar refractivity (Wildman–Crippen MR) is 140 cm³/mol. The molecule has 2 aliphatic rings. The molecule has 12 heteroatoms. The van der Waals surface area contributed by atoms with E-state index in [1.807, 2.05) is 11.0 Å². The number of likely N-dealkylation sites (tertiary alicyclic amines) is 1. The smallest absolute Gasteiger partial charge is 0.256 e. The van der Waals surface area contributed by atoms with Crippen molar-refractivity contribution in [3.05, 3.63) is 51.8 Å². The van der Waals surface area contributed by atoms with Crippen LogP contribution in [-0.4, -0.2) is 81.8 Å². The third-order valence-electron chi connectivity index (χ3n) is 6.71. The van der Waals surface area contributed by atoms with Crippen molar-refractivity contribution in [2.24, 2.45) is 5.73 Å². The van der Waals surface area contributed by atoms with Crippen LogP contribution in [0.1, 0.15) is 28.8 Å². The molecule has 5 rings (SSSR count). The SMILES string of the molecule is NC(=O)c1c(NCc2ccc(Cl)cc2Cl)nc(N2CCN(C(=O)CN3CCCC3)CC2)n2ccnc12. The lowest BCUT2D eigenvalue weighted by Gasteiger charge is -2.36. The van der Waals surface area contributed by atoms with Gasteiger partial charge in [-0.3, -0.25) is 18.9 Å². The molecular formula is C24H28Cl2N8O2. The number of hydrogen-bond donors (Lipinski definition) is 2. The lowest BCUT2D eigenvalue weighted by atomic mass is 10.2. The standard InChI is InChI=1S/C24H28Cl2N8O2/c25-17-4-3-16(18(26)13-17)14-29-22-20(21(27)36)23-28-5-8-34(23)24(30-22)33-11-9-32(10-12-33)19(35)15-31-6-1-2-7-31/h3-5,8,13,29H,1-2,6-7,9-12,14-15H2,(H2,27,36). The van der Waals surface area contributed by atoms with E-state index in [0.29, 0.717) is 66.7 Å². The van der Waals surface area contributed by atoms with Gasteiger partial charge in [-0.2, -0.15) is 4.98 Å². The highest BCUT2D eigenvalue weighted by atomic mass is 35.5. The van der Waals surface area contributed by atoms with E-state index in [9.17, 15) is 9.59 Å². The first-order valence-corrected chi connectivity index (χ1v) is 12.8. The monoisotopic (exact) mass is 530 g/mol. The molecule has 3 aromatic rings. The van der Waals surface area contributed by atoms with Crippen LogP contribution in [0.25, 0.3) is 5.65 Å². The molecule has 4 heterocycles. The van der Waals surface area contributed by atoms with Crippen molar-refractivity contribution in [1.29, 1.82) is 0 Å². The summed E-state index contributed by atoms with van der Waals surface area (Å²) in [6, 6.07) is 5.23. The third kappa shape index (κ3) is 5.07. The maximum Gasteiger partial charge on any atom is 0.256 e. The molecule has 2 amide bonds. The Morgan fingerprint density at radius 2 is 1.81 bits per heavy atom. The first-order valence-electron chi connectivity index (χ1n) is 12.0. The van der Waals surface area contributed by atoms with E-state index in [2.05, 4.69) is 20.1 Å². The average molecular weight is 531 g/mol. The van der Waals surface area contributed by atoms with E-state index in [1.54, 1.807) is 28.9 Å². The number of carbonyl (C=O) groups excluding carboxylic acids is 2. The molecule has 0 aliphatic carbocycles. The van der Waals surface area contributed by atoms with Crippen LogP contribution in [-0.2, 0) is 11.3 Å². The summed E-state index contributed by atoms with van der Waals surface area (Å²) in [7, 11) is 0. The Bertz CT molecular complexity index is 1280. The first-order chi connectivity index (χ1) is 17.4. The molecule has 0 saturated carbocycles. The number of nitrogens with one attached hydrogen (secondary N) is 1. The lowest BCUT2D eigenvalue weighted by Crippen LogP contribution is -2.51. The minimum atomic E-state index is -0.632. The van der Waals surface area contributed by atoms with Crippen LogP contribution in [0.2, 0.25) is 10.0 Å². The Morgan fingerprint density at radius 3 is 2.50 bits per heavy atom. The van der Waals surface area contributed by atoms with Crippen LogP contribution in [0.4, 0.5) is 11.8 Å². The Labute approximate surface area is 219 Å². The molecule has 36 heavy (non-hydrogen) atoms. The van der Waals surface area contributed by atoms with Gasteiger partial charge in [0.15, 0.2) is 5.65 Å². The summed E-state index contributed by atoms with van der Waals surface area (Å²) in [6.07, 6.45) is 5.70. The van der Waals surface area contributed by atoms with Crippen molar-refractivity contribution >= 4 is 52.4 Å².